The average Bonchev–Trinajstić information content (AvgIpc) is 3.38. The molecule has 1 aliphatic heterocycles. The highest BCUT2D eigenvalue weighted by Gasteiger charge is 2.32. The fourth-order valence-electron chi connectivity index (χ4n) is 3.20. The Hall–Kier alpha value is -2.64. The van der Waals surface area contributed by atoms with Gasteiger partial charge in [-0.25, -0.2) is 9.97 Å². The molecule has 1 atom stereocenters. The van der Waals surface area contributed by atoms with Gasteiger partial charge in [-0.15, -0.1) is 0 Å². The standard InChI is InChI=1S/C18H23N5O3/c1-22(2)16-17(20-8-7-19-16)25-13-4-3-9-23(11-13)18(24)14-10-15(26-21-14)12-5-6-12/h7-8,10,12-13H,3-6,9,11H2,1-2H3/t13-/m1/s1. The number of amides is 1. The maximum Gasteiger partial charge on any atom is 0.276 e. The highest BCUT2D eigenvalue weighted by Crippen LogP contribution is 2.40. The normalized spacial score (nSPS) is 20.1. The number of aromatic nitrogens is 3. The number of anilines is 1. The van der Waals surface area contributed by atoms with Crippen LogP contribution >= 0.6 is 0 Å². The zero-order valence-electron chi connectivity index (χ0n) is 15.1. The Bertz CT molecular complexity index is 787. The van der Waals surface area contributed by atoms with E-state index < -0.39 is 0 Å². The molecule has 2 aliphatic rings. The molecule has 0 spiro atoms. The number of likely N-dealkylation sites (tertiary alicyclic amines) is 1. The minimum absolute atomic E-state index is 0.0964. The first-order valence-electron chi connectivity index (χ1n) is 9.02. The molecule has 1 saturated heterocycles. The smallest absolute Gasteiger partial charge is 0.276 e. The number of hydrogen-bond donors (Lipinski definition) is 0. The lowest BCUT2D eigenvalue weighted by Gasteiger charge is -2.32. The number of piperidine rings is 1. The zero-order valence-corrected chi connectivity index (χ0v) is 15.1. The van der Waals surface area contributed by atoms with Gasteiger partial charge >= 0.3 is 0 Å². The molecular weight excluding hydrogens is 334 g/mol. The van der Waals surface area contributed by atoms with E-state index in [4.69, 9.17) is 9.26 Å². The first-order valence-corrected chi connectivity index (χ1v) is 9.02. The van der Waals surface area contributed by atoms with Crippen LogP contribution in [-0.4, -0.2) is 59.2 Å². The van der Waals surface area contributed by atoms with Crippen LogP contribution in [0.25, 0.3) is 0 Å². The summed E-state index contributed by atoms with van der Waals surface area (Å²) >= 11 is 0. The van der Waals surface area contributed by atoms with Crippen molar-refractivity contribution in [1.29, 1.82) is 0 Å². The van der Waals surface area contributed by atoms with E-state index in [9.17, 15) is 4.79 Å². The van der Waals surface area contributed by atoms with Gasteiger partial charge in [0.1, 0.15) is 11.9 Å². The van der Waals surface area contributed by atoms with E-state index in [0.717, 1.165) is 31.4 Å². The molecule has 8 heteroatoms. The second-order valence-corrected chi connectivity index (χ2v) is 7.10. The monoisotopic (exact) mass is 357 g/mol. The second kappa shape index (κ2) is 6.93. The predicted molar refractivity (Wildman–Crippen MR) is 94.4 cm³/mol. The minimum atomic E-state index is -0.113. The number of carbonyl (C=O) groups excluding carboxylic acids is 1. The molecule has 2 aromatic rings. The Morgan fingerprint density at radius 2 is 2.08 bits per heavy atom. The molecule has 26 heavy (non-hydrogen) atoms. The van der Waals surface area contributed by atoms with Gasteiger partial charge in [0.25, 0.3) is 11.8 Å². The summed E-state index contributed by atoms with van der Waals surface area (Å²) in [5.41, 5.74) is 0.390. The SMILES string of the molecule is CN(C)c1nccnc1O[C@@H]1CCCN(C(=O)c2cc(C3CC3)on2)C1. The maximum atomic E-state index is 12.7. The van der Waals surface area contributed by atoms with Crippen LogP contribution in [0.1, 0.15) is 47.8 Å². The Kier molecular flexibility index (Phi) is 4.48. The van der Waals surface area contributed by atoms with Crippen molar-refractivity contribution in [2.24, 2.45) is 0 Å². The number of carbonyl (C=O) groups is 1. The van der Waals surface area contributed by atoms with Gasteiger partial charge in [-0.1, -0.05) is 5.16 Å². The molecule has 1 aliphatic carbocycles. The minimum Gasteiger partial charge on any atom is -0.470 e. The number of nitrogens with zero attached hydrogens (tertiary/aromatic N) is 5. The Morgan fingerprint density at radius 1 is 1.27 bits per heavy atom. The molecule has 0 N–H and O–H groups in total. The lowest BCUT2D eigenvalue weighted by molar-refractivity contribution is 0.0519. The van der Waals surface area contributed by atoms with Gasteiger partial charge in [-0.3, -0.25) is 4.79 Å². The Balaban J connectivity index is 1.43. The summed E-state index contributed by atoms with van der Waals surface area (Å²) < 4.78 is 11.4. The van der Waals surface area contributed by atoms with Crippen LogP contribution < -0.4 is 9.64 Å². The molecule has 1 amide bonds. The Morgan fingerprint density at radius 3 is 2.85 bits per heavy atom. The van der Waals surface area contributed by atoms with Gasteiger partial charge < -0.3 is 19.1 Å². The van der Waals surface area contributed by atoms with Crippen molar-refractivity contribution in [1.82, 2.24) is 20.0 Å². The summed E-state index contributed by atoms with van der Waals surface area (Å²) in [4.78, 5) is 25.0. The van der Waals surface area contributed by atoms with E-state index in [1.165, 1.54) is 0 Å². The number of hydrogen-bond acceptors (Lipinski definition) is 7. The van der Waals surface area contributed by atoms with Crippen LogP contribution in [0.2, 0.25) is 0 Å². The lowest BCUT2D eigenvalue weighted by Crippen LogP contribution is -2.44. The predicted octanol–water partition coefficient (Wildman–Crippen LogP) is 2.09. The van der Waals surface area contributed by atoms with E-state index in [0.29, 0.717) is 36.4 Å². The summed E-state index contributed by atoms with van der Waals surface area (Å²) in [6.45, 7) is 1.21. The topological polar surface area (TPSA) is 84.6 Å². The average molecular weight is 357 g/mol. The van der Waals surface area contributed by atoms with Crippen molar-refractivity contribution in [2.75, 3.05) is 32.1 Å². The van der Waals surface area contributed by atoms with E-state index in [-0.39, 0.29) is 12.0 Å². The molecule has 138 valence electrons. The van der Waals surface area contributed by atoms with Crippen molar-refractivity contribution in [3.8, 4) is 5.88 Å². The van der Waals surface area contributed by atoms with Crippen molar-refractivity contribution < 1.29 is 14.1 Å². The summed E-state index contributed by atoms with van der Waals surface area (Å²) in [5.74, 6) is 2.35. The molecular formula is C18H23N5O3. The van der Waals surface area contributed by atoms with Crippen molar-refractivity contribution in [2.45, 2.75) is 37.7 Å². The first kappa shape index (κ1) is 16.8. The zero-order chi connectivity index (χ0) is 18.1. The van der Waals surface area contributed by atoms with Gasteiger partial charge in [-0.05, 0) is 25.7 Å². The van der Waals surface area contributed by atoms with Crippen molar-refractivity contribution in [3.05, 3.63) is 29.9 Å². The molecule has 3 heterocycles. The summed E-state index contributed by atoms with van der Waals surface area (Å²) in [7, 11) is 3.80. The molecule has 4 rings (SSSR count). The Labute approximate surface area is 152 Å². The van der Waals surface area contributed by atoms with Crippen LogP contribution in [0.5, 0.6) is 5.88 Å². The lowest BCUT2D eigenvalue weighted by atomic mass is 10.1. The van der Waals surface area contributed by atoms with Crippen LogP contribution in [0, 0.1) is 0 Å². The molecule has 2 fully saturated rings. The third kappa shape index (κ3) is 3.49. The second-order valence-electron chi connectivity index (χ2n) is 7.10. The molecule has 8 nitrogen and oxygen atoms in total. The van der Waals surface area contributed by atoms with E-state index >= 15 is 0 Å². The van der Waals surface area contributed by atoms with Gasteiger partial charge in [0.05, 0.1) is 6.54 Å². The fraction of sp³-hybridized carbons (Fsp3) is 0.556. The molecule has 0 bridgehead atoms. The van der Waals surface area contributed by atoms with Gasteiger partial charge in [0, 0.05) is 45.0 Å². The van der Waals surface area contributed by atoms with Gasteiger partial charge in [0.15, 0.2) is 11.5 Å². The number of ether oxygens (including phenoxy) is 1. The first-order chi connectivity index (χ1) is 12.6. The summed E-state index contributed by atoms with van der Waals surface area (Å²) in [5, 5.41) is 3.96. The third-order valence-corrected chi connectivity index (χ3v) is 4.74. The van der Waals surface area contributed by atoms with Crippen LogP contribution in [0.15, 0.2) is 23.0 Å². The highest BCUT2D eigenvalue weighted by molar-refractivity contribution is 5.92. The molecule has 0 aromatic carbocycles. The van der Waals surface area contributed by atoms with E-state index in [2.05, 4.69) is 15.1 Å². The van der Waals surface area contributed by atoms with Crippen molar-refractivity contribution >= 4 is 11.7 Å². The molecule has 0 radical (unpaired) electrons. The summed E-state index contributed by atoms with van der Waals surface area (Å²) in [6, 6.07) is 1.79. The van der Waals surface area contributed by atoms with E-state index in [1.807, 2.05) is 19.0 Å². The maximum absolute atomic E-state index is 12.7. The van der Waals surface area contributed by atoms with Crippen molar-refractivity contribution in [3.63, 3.8) is 0 Å². The fourth-order valence-corrected chi connectivity index (χ4v) is 3.20. The molecule has 0 unspecified atom stereocenters. The molecule has 1 saturated carbocycles. The van der Waals surface area contributed by atoms with Gasteiger partial charge in [-0.2, -0.15) is 0 Å². The number of rotatable bonds is 5. The van der Waals surface area contributed by atoms with Crippen LogP contribution in [0.4, 0.5) is 5.82 Å². The van der Waals surface area contributed by atoms with E-state index in [1.54, 1.807) is 23.4 Å². The van der Waals surface area contributed by atoms with Crippen LogP contribution in [0.3, 0.4) is 0 Å². The quantitative estimate of drug-likeness (QED) is 0.810. The van der Waals surface area contributed by atoms with Gasteiger partial charge in [0.2, 0.25) is 0 Å². The largest absolute Gasteiger partial charge is 0.470 e. The highest BCUT2D eigenvalue weighted by atomic mass is 16.5. The summed E-state index contributed by atoms with van der Waals surface area (Å²) in [6.07, 6.45) is 7.13. The molecule has 2 aromatic heterocycles. The third-order valence-electron chi connectivity index (χ3n) is 4.74. The van der Waals surface area contributed by atoms with Crippen LogP contribution in [-0.2, 0) is 0 Å².